The Bertz CT molecular complexity index is 261. The van der Waals surface area contributed by atoms with E-state index < -0.39 is 0 Å². The molecule has 0 radical (unpaired) electrons. The second-order valence-electron chi connectivity index (χ2n) is 8.17. The average Bonchev–Trinajstić information content (AvgIpc) is 2.93. The van der Waals surface area contributed by atoms with Gasteiger partial charge in [0, 0.05) is 12.1 Å². The first-order valence-corrected chi connectivity index (χ1v) is 7.21. The van der Waals surface area contributed by atoms with Gasteiger partial charge in [-0.3, -0.25) is 0 Å². The zero-order chi connectivity index (χ0) is 12.7. The number of hydrogen-bond donors (Lipinski definition) is 2. The second-order valence-corrected chi connectivity index (χ2v) is 8.17. The highest BCUT2D eigenvalue weighted by atomic mass is 15.0. The topological polar surface area (TPSA) is 38.0 Å². The van der Waals surface area contributed by atoms with Crippen molar-refractivity contribution in [2.45, 2.75) is 65.3 Å². The van der Waals surface area contributed by atoms with E-state index in [0.29, 0.717) is 10.8 Å². The third-order valence-corrected chi connectivity index (χ3v) is 4.44. The highest BCUT2D eigenvalue weighted by Crippen LogP contribution is 2.50. The molecule has 2 nitrogen and oxygen atoms in total. The zero-order valence-electron chi connectivity index (χ0n) is 12.1. The predicted molar refractivity (Wildman–Crippen MR) is 73.9 cm³/mol. The molecule has 0 amide bonds. The largest absolute Gasteiger partial charge is 0.329 e. The first kappa shape index (κ1) is 13.4. The summed E-state index contributed by atoms with van der Waals surface area (Å²) in [5, 5.41) is 3.83. The summed E-state index contributed by atoms with van der Waals surface area (Å²) in [5.41, 5.74) is 7.14. The van der Waals surface area contributed by atoms with Crippen LogP contribution >= 0.6 is 0 Å². The molecule has 0 aromatic carbocycles. The van der Waals surface area contributed by atoms with Crippen LogP contribution < -0.4 is 11.1 Å². The Balaban J connectivity index is 2.07. The van der Waals surface area contributed by atoms with E-state index in [1.807, 2.05) is 0 Å². The van der Waals surface area contributed by atoms with Crippen LogP contribution in [0, 0.1) is 16.7 Å². The second kappa shape index (κ2) is 4.24. The zero-order valence-corrected chi connectivity index (χ0v) is 12.1. The fourth-order valence-electron chi connectivity index (χ4n) is 4.34. The maximum atomic E-state index is 6.12. The van der Waals surface area contributed by atoms with Crippen LogP contribution in [-0.2, 0) is 0 Å². The van der Waals surface area contributed by atoms with Gasteiger partial charge in [0.2, 0.25) is 0 Å². The van der Waals surface area contributed by atoms with Crippen LogP contribution in [-0.4, -0.2) is 18.6 Å². The quantitative estimate of drug-likeness (QED) is 0.790. The molecule has 0 atom stereocenters. The van der Waals surface area contributed by atoms with Crippen molar-refractivity contribution in [2.75, 3.05) is 13.1 Å². The number of hydrogen-bond acceptors (Lipinski definition) is 2. The van der Waals surface area contributed by atoms with Crippen LogP contribution in [0.1, 0.15) is 59.8 Å². The molecular weight excluding hydrogens is 208 g/mol. The normalized spacial score (nSPS) is 30.2. The molecule has 2 fully saturated rings. The lowest BCUT2D eigenvalue weighted by Crippen LogP contribution is -2.59. The third kappa shape index (κ3) is 3.45. The SMILES string of the molecule is CC1(C)CC(C)(C)CC(CN)(NCC2CC2)C1. The Kier molecular flexibility index (Phi) is 3.33. The molecule has 0 heterocycles. The maximum absolute atomic E-state index is 6.12. The lowest BCUT2D eigenvalue weighted by atomic mass is 9.58. The van der Waals surface area contributed by atoms with Gasteiger partial charge in [-0.05, 0) is 55.4 Å². The third-order valence-electron chi connectivity index (χ3n) is 4.44. The van der Waals surface area contributed by atoms with E-state index in [1.54, 1.807) is 0 Å². The standard InChI is InChI=1S/C15H30N2/c1-13(2)8-14(3,4)10-15(9-13,11-16)17-7-12-5-6-12/h12,17H,5-11,16H2,1-4H3. The van der Waals surface area contributed by atoms with Gasteiger partial charge in [-0.25, -0.2) is 0 Å². The summed E-state index contributed by atoms with van der Waals surface area (Å²) >= 11 is 0. The van der Waals surface area contributed by atoms with Crippen molar-refractivity contribution in [3.8, 4) is 0 Å². The molecule has 0 aromatic rings. The van der Waals surface area contributed by atoms with E-state index in [4.69, 9.17) is 5.73 Å². The van der Waals surface area contributed by atoms with Crippen LogP contribution in [0.2, 0.25) is 0 Å². The summed E-state index contributed by atoms with van der Waals surface area (Å²) in [7, 11) is 0. The van der Waals surface area contributed by atoms with Crippen molar-refractivity contribution in [3.63, 3.8) is 0 Å². The average molecular weight is 238 g/mol. The highest BCUT2D eigenvalue weighted by molar-refractivity contribution is 5.03. The maximum Gasteiger partial charge on any atom is 0.0314 e. The van der Waals surface area contributed by atoms with Crippen molar-refractivity contribution < 1.29 is 0 Å². The minimum Gasteiger partial charge on any atom is -0.329 e. The molecule has 0 unspecified atom stereocenters. The van der Waals surface area contributed by atoms with Gasteiger partial charge in [-0.15, -0.1) is 0 Å². The minimum absolute atomic E-state index is 0.188. The lowest BCUT2D eigenvalue weighted by Gasteiger charge is -2.52. The summed E-state index contributed by atoms with van der Waals surface area (Å²) in [5.74, 6) is 0.937. The van der Waals surface area contributed by atoms with Gasteiger partial charge in [-0.1, -0.05) is 27.7 Å². The Morgan fingerprint density at radius 2 is 1.53 bits per heavy atom. The van der Waals surface area contributed by atoms with E-state index in [2.05, 4.69) is 33.0 Å². The van der Waals surface area contributed by atoms with Crippen molar-refractivity contribution in [1.82, 2.24) is 5.32 Å². The monoisotopic (exact) mass is 238 g/mol. The Labute approximate surface area is 107 Å². The molecular formula is C15H30N2. The molecule has 0 aliphatic heterocycles. The molecule has 2 rings (SSSR count). The molecule has 2 aliphatic rings. The molecule has 2 saturated carbocycles. The number of rotatable bonds is 4. The smallest absolute Gasteiger partial charge is 0.0314 e. The van der Waals surface area contributed by atoms with Gasteiger partial charge in [-0.2, -0.15) is 0 Å². The van der Waals surface area contributed by atoms with Gasteiger partial charge in [0.1, 0.15) is 0 Å². The summed E-state index contributed by atoms with van der Waals surface area (Å²) in [6.45, 7) is 11.6. The van der Waals surface area contributed by atoms with E-state index >= 15 is 0 Å². The van der Waals surface area contributed by atoms with Gasteiger partial charge in [0.05, 0.1) is 0 Å². The Morgan fingerprint density at radius 1 is 1.00 bits per heavy atom. The fraction of sp³-hybridized carbons (Fsp3) is 1.00. The molecule has 0 saturated heterocycles. The van der Waals surface area contributed by atoms with Gasteiger partial charge in [0.25, 0.3) is 0 Å². The van der Waals surface area contributed by atoms with Gasteiger partial charge in [0.15, 0.2) is 0 Å². The van der Waals surface area contributed by atoms with E-state index in [0.717, 1.165) is 12.5 Å². The fourth-order valence-corrected chi connectivity index (χ4v) is 4.34. The minimum atomic E-state index is 0.188. The molecule has 2 aliphatic carbocycles. The van der Waals surface area contributed by atoms with Crippen LogP contribution in [0.5, 0.6) is 0 Å². The van der Waals surface area contributed by atoms with Crippen molar-refractivity contribution in [2.24, 2.45) is 22.5 Å². The van der Waals surface area contributed by atoms with Crippen LogP contribution in [0.3, 0.4) is 0 Å². The van der Waals surface area contributed by atoms with Gasteiger partial charge >= 0.3 is 0 Å². The summed E-state index contributed by atoms with van der Waals surface area (Å²) in [4.78, 5) is 0. The Morgan fingerprint density at radius 3 is 1.94 bits per heavy atom. The number of nitrogens with one attached hydrogen (secondary N) is 1. The molecule has 0 aromatic heterocycles. The van der Waals surface area contributed by atoms with Gasteiger partial charge < -0.3 is 11.1 Å². The molecule has 3 N–H and O–H groups in total. The molecule has 0 spiro atoms. The van der Waals surface area contributed by atoms with Crippen LogP contribution in [0.25, 0.3) is 0 Å². The van der Waals surface area contributed by atoms with E-state index in [-0.39, 0.29) is 5.54 Å². The van der Waals surface area contributed by atoms with Crippen LogP contribution in [0.15, 0.2) is 0 Å². The molecule has 2 heteroatoms. The summed E-state index contributed by atoms with van der Waals surface area (Å²) in [6, 6.07) is 0. The first-order chi connectivity index (χ1) is 7.76. The van der Waals surface area contributed by atoms with Crippen molar-refractivity contribution in [3.05, 3.63) is 0 Å². The predicted octanol–water partition coefficient (Wildman–Crippen LogP) is 2.92. The highest BCUT2D eigenvalue weighted by Gasteiger charge is 2.46. The van der Waals surface area contributed by atoms with E-state index in [1.165, 1.54) is 38.6 Å². The summed E-state index contributed by atoms with van der Waals surface area (Å²) < 4.78 is 0. The van der Waals surface area contributed by atoms with E-state index in [9.17, 15) is 0 Å². The number of nitrogens with two attached hydrogens (primary N) is 1. The summed E-state index contributed by atoms with van der Waals surface area (Å²) in [6.07, 6.45) is 6.60. The lowest BCUT2D eigenvalue weighted by molar-refractivity contribution is 0.0320. The molecule has 0 bridgehead atoms. The molecule has 100 valence electrons. The van der Waals surface area contributed by atoms with Crippen LogP contribution in [0.4, 0.5) is 0 Å². The van der Waals surface area contributed by atoms with Crippen molar-refractivity contribution >= 4 is 0 Å². The Hall–Kier alpha value is -0.0800. The first-order valence-electron chi connectivity index (χ1n) is 7.21. The molecule has 17 heavy (non-hydrogen) atoms. The van der Waals surface area contributed by atoms with Crippen molar-refractivity contribution in [1.29, 1.82) is 0 Å².